The summed E-state index contributed by atoms with van der Waals surface area (Å²) in [5, 5.41) is 5.30. The number of halogens is 1. The van der Waals surface area contributed by atoms with E-state index in [1.165, 1.54) is 6.21 Å². The van der Waals surface area contributed by atoms with Crippen LogP contribution in [0.5, 0.6) is 5.75 Å². The van der Waals surface area contributed by atoms with Gasteiger partial charge in [0.1, 0.15) is 5.75 Å². The first kappa shape index (κ1) is 17.7. The smallest absolute Gasteiger partial charge is 0.280 e. The quantitative estimate of drug-likeness (QED) is 0.535. The average Bonchev–Trinajstić information content (AvgIpc) is 2.63. The molecule has 132 valence electrons. The topological polar surface area (TPSA) is 83.5 Å². The first-order valence-electron chi connectivity index (χ1n) is 7.90. The van der Waals surface area contributed by atoms with Gasteiger partial charge < -0.3 is 9.72 Å². The van der Waals surface area contributed by atoms with Crippen LogP contribution in [0.2, 0.25) is 5.02 Å². The van der Waals surface area contributed by atoms with Gasteiger partial charge in [0.05, 0.1) is 11.8 Å². The number of pyridine rings is 1. The van der Waals surface area contributed by atoms with E-state index >= 15 is 0 Å². The van der Waals surface area contributed by atoms with Crippen LogP contribution in [0.25, 0.3) is 10.9 Å². The van der Waals surface area contributed by atoms with Crippen LogP contribution in [0.3, 0.4) is 0 Å². The molecule has 1 atom stereocenters. The summed E-state index contributed by atoms with van der Waals surface area (Å²) in [6, 6.07) is 15.8. The molecule has 0 saturated heterocycles. The lowest BCUT2D eigenvalue weighted by Gasteiger charge is -2.12. The molecule has 0 fully saturated rings. The number of ether oxygens (including phenoxy) is 1. The maximum absolute atomic E-state index is 12.0. The average molecular weight is 370 g/mol. The predicted octanol–water partition coefficient (Wildman–Crippen LogP) is 3.10. The monoisotopic (exact) mass is 369 g/mol. The number of fused-ring (bicyclic) bond motifs is 1. The van der Waals surface area contributed by atoms with Gasteiger partial charge in [-0.2, -0.15) is 5.10 Å². The predicted molar refractivity (Wildman–Crippen MR) is 102 cm³/mol. The molecular formula is C19H16ClN3O3. The Hall–Kier alpha value is -3.12. The summed E-state index contributed by atoms with van der Waals surface area (Å²) in [5.41, 5.74) is 3.16. The molecular weight excluding hydrogens is 354 g/mol. The molecule has 1 aromatic heterocycles. The number of benzene rings is 2. The third-order valence-corrected chi connectivity index (χ3v) is 3.91. The minimum absolute atomic E-state index is 0.285. The van der Waals surface area contributed by atoms with E-state index in [1.807, 2.05) is 24.3 Å². The van der Waals surface area contributed by atoms with Crippen molar-refractivity contribution in [3.05, 3.63) is 75.5 Å². The van der Waals surface area contributed by atoms with E-state index in [9.17, 15) is 9.59 Å². The van der Waals surface area contributed by atoms with E-state index in [0.29, 0.717) is 16.3 Å². The van der Waals surface area contributed by atoms with Gasteiger partial charge in [0, 0.05) is 10.5 Å². The number of aromatic amines is 1. The van der Waals surface area contributed by atoms with E-state index in [4.69, 9.17) is 16.3 Å². The number of hydrogen-bond donors (Lipinski definition) is 2. The van der Waals surface area contributed by atoms with Gasteiger partial charge in [0.15, 0.2) is 6.10 Å². The Morgan fingerprint density at radius 2 is 1.96 bits per heavy atom. The number of hydrogen-bond acceptors (Lipinski definition) is 4. The van der Waals surface area contributed by atoms with Gasteiger partial charge in [-0.3, -0.25) is 9.59 Å². The van der Waals surface area contributed by atoms with Crippen molar-refractivity contribution in [3.63, 3.8) is 0 Å². The highest BCUT2D eigenvalue weighted by Crippen LogP contribution is 2.16. The normalized spacial score (nSPS) is 12.2. The molecule has 1 amide bonds. The highest BCUT2D eigenvalue weighted by atomic mass is 35.5. The summed E-state index contributed by atoms with van der Waals surface area (Å²) in [7, 11) is 0. The van der Waals surface area contributed by atoms with Crippen LogP contribution in [0.4, 0.5) is 0 Å². The highest BCUT2D eigenvalue weighted by Gasteiger charge is 2.13. The summed E-state index contributed by atoms with van der Waals surface area (Å²) in [6.45, 7) is 1.60. The standard InChI is InChI=1S/C19H16ClN3O3/c1-12(26-16-8-6-15(20)7-9-16)18(24)23-21-11-14-10-13-4-2-3-5-17(13)22-19(14)25/h2-12H,1H3,(H,22,25)(H,23,24)/b21-11-/t12-/m0/s1. The summed E-state index contributed by atoms with van der Waals surface area (Å²) >= 11 is 5.80. The Balaban J connectivity index is 1.64. The van der Waals surface area contributed by atoms with E-state index in [2.05, 4.69) is 15.5 Å². The van der Waals surface area contributed by atoms with Crippen LogP contribution in [0.15, 0.2) is 64.5 Å². The Bertz CT molecular complexity index is 1010. The molecule has 1 heterocycles. The second-order valence-corrected chi connectivity index (χ2v) is 6.03. The van der Waals surface area contributed by atoms with Crippen molar-refractivity contribution in [2.45, 2.75) is 13.0 Å². The molecule has 0 aliphatic heterocycles. The number of carbonyl (C=O) groups excluding carboxylic acids is 1. The Kier molecular flexibility index (Phi) is 5.34. The highest BCUT2D eigenvalue weighted by molar-refractivity contribution is 6.30. The van der Waals surface area contributed by atoms with Crippen molar-refractivity contribution in [2.24, 2.45) is 5.10 Å². The Morgan fingerprint density at radius 1 is 1.23 bits per heavy atom. The number of rotatable bonds is 5. The summed E-state index contributed by atoms with van der Waals surface area (Å²) in [5.74, 6) is 0.0837. The van der Waals surface area contributed by atoms with Gasteiger partial charge >= 0.3 is 0 Å². The van der Waals surface area contributed by atoms with Crippen LogP contribution in [0.1, 0.15) is 12.5 Å². The minimum atomic E-state index is -0.761. The van der Waals surface area contributed by atoms with Gasteiger partial charge in [-0.15, -0.1) is 0 Å². The molecule has 3 rings (SSSR count). The number of nitrogens with one attached hydrogen (secondary N) is 2. The van der Waals surface area contributed by atoms with E-state index in [1.54, 1.807) is 37.3 Å². The molecule has 0 unspecified atom stereocenters. The second kappa shape index (κ2) is 7.84. The molecule has 0 radical (unpaired) electrons. The zero-order valence-electron chi connectivity index (χ0n) is 13.9. The van der Waals surface area contributed by atoms with Crippen LogP contribution >= 0.6 is 11.6 Å². The molecule has 3 aromatic rings. The van der Waals surface area contributed by atoms with Crippen LogP contribution < -0.4 is 15.7 Å². The Morgan fingerprint density at radius 3 is 2.73 bits per heavy atom. The number of nitrogens with zero attached hydrogens (tertiary/aromatic N) is 1. The SMILES string of the molecule is C[C@H](Oc1ccc(Cl)cc1)C(=O)N/N=C\c1cc2ccccc2[nH]c1=O. The van der Waals surface area contributed by atoms with Crippen molar-refractivity contribution < 1.29 is 9.53 Å². The molecule has 6 nitrogen and oxygen atoms in total. The van der Waals surface area contributed by atoms with Crippen LogP contribution in [-0.2, 0) is 4.79 Å². The summed E-state index contributed by atoms with van der Waals surface area (Å²) in [6.07, 6.45) is 0.543. The fourth-order valence-corrected chi connectivity index (χ4v) is 2.41. The first-order valence-corrected chi connectivity index (χ1v) is 8.28. The van der Waals surface area contributed by atoms with Crippen molar-refractivity contribution in [3.8, 4) is 5.75 Å². The molecule has 0 aliphatic carbocycles. The zero-order valence-corrected chi connectivity index (χ0v) is 14.7. The number of hydrazone groups is 1. The first-order chi connectivity index (χ1) is 12.5. The fraction of sp³-hybridized carbons (Fsp3) is 0.105. The third kappa shape index (κ3) is 4.29. The maximum atomic E-state index is 12.0. The van der Waals surface area contributed by atoms with E-state index in [-0.39, 0.29) is 5.56 Å². The van der Waals surface area contributed by atoms with Crippen molar-refractivity contribution in [1.82, 2.24) is 10.4 Å². The van der Waals surface area contributed by atoms with Gasteiger partial charge in [-0.25, -0.2) is 5.43 Å². The third-order valence-electron chi connectivity index (χ3n) is 3.66. The van der Waals surface area contributed by atoms with Gasteiger partial charge in [-0.05, 0) is 48.7 Å². The maximum Gasteiger partial charge on any atom is 0.280 e. The lowest BCUT2D eigenvalue weighted by atomic mass is 10.2. The number of H-pyrrole nitrogens is 1. The fourth-order valence-electron chi connectivity index (χ4n) is 2.29. The zero-order chi connectivity index (χ0) is 18.5. The number of carbonyl (C=O) groups is 1. The molecule has 26 heavy (non-hydrogen) atoms. The largest absolute Gasteiger partial charge is 0.481 e. The molecule has 0 aliphatic rings. The molecule has 7 heteroatoms. The molecule has 0 spiro atoms. The number of amides is 1. The van der Waals surface area contributed by atoms with E-state index in [0.717, 1.165) is 10.9 Å². The Labute approximate surface area is 154 Å². The minimum Gasteiger partial charge on any atom is -0.481 e. The lowest BCUT2D eigenvalue weighted by Crippen LogP contribution is -2.33. The van der Waals surface area contributed by atoms with Crippen molar-refractivity contribution >= 4 is 34.6 Å². The van der Waals surface area contributed by atoms with Crippen molar-refractivity contribution in [1.29, 1.82) is 0 Å². The van der Waals surface area contributed by atoms with E-state index < -0.39 is 12.0 Å². The van der Waals surface area contributed by atoms with Gasteiger partial charge in [0.2, 0.25) is 0 Å². The second-order valence-electron chi connectivity index (χ2n) is 5.59. The summed E-state index contributed by atoms with van der Waals surface area (Å²) in [4.78, 5) is 26.8. The van der Waals surface area contributed by atoms with Crippen LogP contribution in [0, 0.1) is 0 Å². The van der Waals surface area contributed by atoms with Gasteiger partial charge in [-0.1, -0.05) is 29.8 Å². The van der Waals surface area contributed by atoms with Gasteiger partial charge in [0.25, 0.3) is 11.5 Å². The lowest BCUT2D eigenvalue weighted by molar-refractivity contribution is -0.127. The summed E-state index contributed by atoms with van der Waals surface area (Å²) < 4.78 is 5.50. The van der Waals surface area contributed by atoms with Crippen molar-refractivity contribution in [2.75, 3.05) is 0 Å². The van der Waals surface area contributed by atoms with Crippen LogP contribution in [-0.4, -0.2) is 23.2 Å². The molecule has 0 saturated carbocycles. The molecule has 0 bridgehead atoms. The number of para-hydroxylation sites is 1. The molecule has 2 N–H and O–H groups in total. The number of aromatic nitrogens is 1. The molecule has 2 aromatic carbocycles.